The third-order valence-electron chi connectivity index (χ3n) is 5.31. The summed E-state index contributed by atoms with van der Waals surface area (Å²) in [5.41, 5.74) is 0. The second-order valence-electron chi connectivity index (χ2n) is 7.27. The van der Waals surface area contributed by atoms with Crippen LogP contribution in [0, 0.1) is 11.8 Å². The van der Waals surface area contributed by atoms with Gasteiger partial charge in [0.25, 0.3) is 0 Å². The zero-order valence-corrected chi connectivity index (χ0v) is 15.1. The Balaban J connectivity index is 2.03. The lowest BCUT2D eigenvalue weighted by atomic mass is 9.90. The Kier molecular flexibility index (Phi) is 12.8. The molecule has 1 saturated carbocycles. The number of rotatable bonds is 14. The number of unbranched alkanes of at least 4 members (excludes halogenated alkanes) is 9. The minimum atomic E-state index is 0.370. The van der Waals surface area contributed by atoms with Crippen molar-refractivity contribution in [3.63, 3.8) is 0 Å². The van der Waals surface area contributed by atoms with E-state index in [4.69, 9.17) is 5.11 Å². The van der Waals surface area contributed by atoms with Crippen molar-refractivity contribution in [1.82, 2.24) is 0 Å². The van der Waals surface area contributed by atoms with Crippen molar-refractivity contribution in [1.29, 1.82) is 0 Å². The maximum atomic E-state index is 8.77. The highest BCUT2D eigenvalue weighted by Crippen LogP contribution is 2.36. The van der Waals surface area contributed by atoms with Crippen LogP contribution in [-0.4, -0.2) is 11.7 Å². The van der Waals surface area contributed by atoms with Gasteiger partial charge in [-0.15, -0.1) is 0 Å². The summed E-state index contributed by atoms with van der Waals surface area (Å²) in [6.07, 6.45) is 25.4. The summed E-state index contributed by atoms with van der Waals surface area (Å²) < 4.78 is 0. The molecule has 1 heteroatoms. The van der Waals surface area contributed by atoms with Crippen molar-refractivity contribution in [3.05, 3.63) is 12.2 Å². The SMILES string of the molecule is CCCCCC/C=C/[C@H]1CCC[C@@H]1CCCCCCCCO. The topological polar surface area (TPSA) is 20.2 Å². The molecule has 0 bridgehead atoms. The second kappa shape index (κ2) is 14.3. The standard InChI is InChI=1S/C21H40O/c1-2-3-4-5-8-11-15-20-17-14-18-21(20)16-12-9-6-7-10-13-19-22/h11,15,20-22H,2-10,12-14,16-19H2,1H3/b15-11+/t20-,21-/m0/s1. The third-order valence-corrected chi connectivity index (χ3v) is 5.31. The van der Waals surface area contributed by atoms with Crippen LogP contribution < -0.4 is 0 Å². The van der Waals surface area contributed by atoms with Crippen LogP contribution in [0.1, 0.15) is 103 Å². The first kappa shape index (κ1) is 19.7. The van der Waals surface area contributed by atoms with Gasteiger partial charge in [0.15, 0.2) is 0 Å². The van der Waals surface area contributed by atoms with Crippen LogP contribution in [0.2, 0.25) is 0 Å². The summed E-state index contributed by atoms with van der Waals surface area (Å²) in [7, 11) is 0. The minimum absolute atomic E-state index is 0.370. The molecule has 130 valence electrons. The molecule has 0 spiro atoms. The fourth-order valence-electron chi connectivity index (χ4n) is 3.86. The van der Waals surface area contributed by atoms with Crippen molar-refractivity contribution in [2.75, 3.05) is 6.61 Å². The highest BCUT2D eigenvalue weighted by molar-refractivity contribution is 4.94. The lowest BCUT2D eigenvalue weighted by molar-refractivity contribution is 0.282. The smallest absolute Gasteiger partial charge is 0.0431 e. The molecular weight excluding hydrogens is 268 g/mol. The van der Waals surface area contributed by atoms with E-state index in [-0.39, 0.29) is 0 Å². The van der Waals surface area contributed by atoms with Gasteiger partial charge in [0.2, 0.25) is 0 Å². The third kappa shape index (κ3) is 9.66. The van der Waals surface area contributed by atoms with E-state index < -0.39 is 0 Å². The van der Waals surface area contributed by atoms with Gasteiger partial charge < -0.3 is 5.11 Å². The maximum Gasteiger partial charge on any atom is 0.0431 e. The Morgan fingerprint density at radius 3 is 2.36 bits per heavy atom. The first-order valence-corrected chi connectivity index (χ1v) is 10.2. The second-order valence-corrected chi connectivity index (χ2v) is 7.27. The summed E-state index contributed by atoms with van der Waals surface area (Å²) >= 11 is 0. The molecule has 22 heavy (non-hydrogen) atoms. The van der Waals surface area contributed by atoms with Crippen molar-refractivity contribution in [2.24, 2.45) is 11.8 Å². The minimum Gasteiger partial charge on any atom is -0.396 e. The number of aliphatic hydroxyl groups is 1. The molecule has 0 aromatic rings. The van der Waals surface area contributed by atoms with Crippen LogP contribution in [0.3, 0.4) is 0 Å². The maximum absolute atomic E-state index is 8.77. The van der Waals surface area contributed by atoms with E-state index in [1.165, 1.54) is 89.9 Å². The van der Waals surface area contributed by atoms with Crippen molar-refractivity contribution < 1.29 is 5.11 Å². The number of hydrogen-bond acceptors (Lipinski definition) is 1. The Hall–Kier alpha value is -0.300. The van der Waals surface area contributed by atoms with Gasteiger partial charge in [0.05, 0.1) is 0 Å². The molecule has 0 aliphatic heterocycles. The van der Waals surface area contributed by atoms with Gasteiger partial charge in [0.1, 0.15) is 0 Å². The molecule has 0 saturated heterocycles. The monoisotopic (exact) mass is 308 g/mol. The molecule has 0 radical (unpaired) electrons. The Morgan fingerprint density at radius 2 is 1.59 bits per heavy atom. The largest absolute Gasteiger partial charge is 0.396 e. The van der Waals surface area contributed by atoms with E-state index in [1.807, 2.05) is 0 Å². The zero-order chi connectivity index (χ0) is 15.9. The highest BCUT2D eigenvalue weighted by Gasteiger charge is 2.24. The average Bonchev–Trinajstić information content (AvgIpc) is 2.97. The van der Waals surface area contributed by atoms with Crippen LogP contribution in [-0.2, 0) is 0 Å². The summed E-state index contributed by atoms with van der Waals surface area (Å²) in [5, 5.41) is 8.77. The molecule has 1 nitrogen and oxygen atoms in total. The predicted octanol–water partition coefficient (Wildman–Crippen LogP) is 6.65. The molecule has 0 heterocycles. The van der Waals surface area contributed by atoms with Crippen LogP contribution in [0.4, 0.5) is 0 Å². The fourth-order valence-corrected chi connectivity index (χ4v) is 3.86. The summed E-state index contributed by atoms with van der Waals surface area (Å²) in [5.74, 6) is 1.87. The molecule has 1 fully saturated rings. The average molecular weight is 309 g/mol. The quantitative estimate of drug-likeness (QED) is 0.281. The van der Waals surface area contributed by atoms with Gasteiger partial charge in [-0.1, -0.05) is 76.9 Å². The van der Waals surface area contributed by atoms with Gasteiger partial charge in [-0.3, -0.25) is 0 Å². The van der Waals surface area contributed by atoms with Crippen molar-refractivity contribution in [3.8, 4) is 0 Å². The van der Waals surface area contributed by atoms with Gasteiger partial charge in [-0.2, -0.15) is 0 Å². The molecule has 2 atom stereocenters. The lowest BCUT2D eigenvalue weighted by Crippen LogP contribution is -2.05. The highest BCUT2D eigenvalue weighted by atomic mass is 16.2. The number of hydrogen-bond donors (Lipinski definition) is 1. The lowest BCUT2D eigenvalue weighted by Gasteiger charge is -2.16. The van der Waals surface area contributed by atoms with Crippen molar-refractivity contribution >= 4 is 0 Å². The molecule has 0 aromatic heterocycles. The number of aliphatic hydroxyl groups excluding tert-OH is 1. The van der Waals surface area contributed by atoms with Crippen LogP contribution >= 0.6 is 0 Å². The molecular formula is C21H40O. The van der Waals surface area contributed by atoms with Crippen molar-refractivity contribution in [2.45, 2.75) is 103 Å². The molecule has 1 rings (SSSR count). The first-order chi connectivity index (χ1) is 10.9. The fraction of sp³-hybridized carbons (Fsp3) is 0.905. The molecule has 1 N–H and O–H groups in total. The summed E-state index contributed by atoms with van der Waals surface area (Å²) in [6, 6.07) is 0. The normalized spacial score (nSPS) is 21.9. The number of allylic oxidation sites excluding steroid dienone is 2. The summed E-state index contributed by atoms with van der Waals surface area (Å²) in [4.78, 5) is 0. The van der Waals surface area contributed by atoms with E-state index in [1.54, 1.807) is 0 Å². The van der Waals surface area contributed by atoms with Gasteiger partial charge in [-0.05, 0) is 50.4 Å². The van der Waals surface area contributed by atoms with E-state index in [9.17, 15) is 0 Å². The van der Waals surface area contributed by atoms with Gasteiger partial charge >= 0.3 is 0 Å². The molecule has 1 aliphatic carbocycles. The molecule has 0 amide bonds. The van der Waals surface area contributed by atoms with Crippen LogP contribution in [0.25, 0.3) is 0 Å². The first-order valence-electron chi connectivity index (χ1n) is 10.2. The summed E-state index contributed by atoms with van der Waals surface area (Å²) in [6.45, 7) is 2.65. The van der Waals surface area contributed by atoms with Gasteiger partial charge in [0, 0.05) is 6.61 Å². The van der Waals surface area contributed by atoms with E-state index >= 15 is 0 Å². The van der Waals surface area contributed by atoms with E-state index in [0.29, 0.717) is 6.61 Å². The van der Waals surface area contributed by atoms with Crippen LogP contribution in [0.15, 0.2) is 12.2 Å². The molecule has 1 aliphatic rings. The van der Waals surface area contributed by atoms with Gasteiger partial charge in [-0.25, -0.2) is 0 Å². The zero-order valence-electron chi connectivity index (χ0n) is 15.1. The predicted molar refractivity (Wildman–Crippen MR) is 98.1 cm³/mol. The molecule has 0 unspecified atom stereocenters. The molecule has 0 aromatic carbocycles. The Labute approximate surface area is 139 Å². The van der Waals surface area contributed by atoms with Crippen LogP contribution in [0.5, 0.6) is 0 Å². The Bertz CT molecular complexity index is 259. The van der Waals surface area contributed by atoms with E-state index in [0.717, 1.165) is 18.3 Å². The Morgan fingerprint density at radius 1 is 0.864 bits per heavy atom. The van der Waals surface area contributed by atoms with E-state index in [2.05, 4.69) is 19.1 Å².